The molecule has 0 aliphatic heterocycles. The minimum atomic E-state index is 0. The predicted octanol–water partition coefficient (Wildman–Crippen LogP) is 1.15. The van der Waals surface area contributed by atoms with Gasteiger partial charge in [0.05, 0.1) is 0 Å². The van der Waals surface area contributed by atoms with E-state index >= 15 is 0 Å². The minimum Gasteiger partial charge on any atom is -1.00 e. The molecular weight excluding hydrogens is 293 g/mol. The standard InChI is InChI=1S/C9H21P.CH3.ClH.Pd/c1-7(2)10(8(3)4)9(5)6;;;/h7-9H,1-6H3;1H3;1H;/q;-1;;+2/p-1. The van der Waals surface area contributed by atoms with Crippen LogP contribution in [0.4, 0.5) is 0 Å². The van der Waals surface area contributed by atoms with Crippen LogP contribution in [0.5, 0.6) is 0 Å². The first-order chi connectivity index (χ1) is 4.46. The first-order valence-corrected chi connectivity index (χ1v) is 5.79. The minimum absolute atomic E-state index is 0. The van der Waals surface area contributed by atoms with Gasteiger partial charge < -0.3 is 19.8 Å². The van der Waals surface area contributed by atoms with E-state index in [0.29, 0.717) is 0 Å². The van der Waals surface area contributed by atoms with Crippen LogP contribution >= 0.6 is 7.92 Å². The largest absolute Gasteiger partial charge is 2.00 e. The third-order valence-corrected chi connectivity index (χ3v) is 5.37. The van der Waals surface area contributed by atoms with Crippen LogP contribution in [0.1, 0.15) is 41.5 Å². The van der Waals surface area contributed by atoms with Crippen molar-refractivity contribution in [2.75, 3.05) is 0 Å². The molecule has 86 valence electrons. The molecule has 0 spiro atoms. The first kappa shape index (κ1) is 23.9. The van der Waals surface area contributed by atoms with Crippen molar-refractivity contribution in [3.05, 3.63) is 7.43 Å². The molecule has 0 aromatic rings. The second-order valence-electron chi connectivity index (χ2n) is 3.73. The van der Waals surface area contributed by atoms with Gasteiger partial charge in [-0.1, -0.05) is 49.5 Å². The van der Waals surface area contributed by atoms with Crippen molar-refractivity contribution in [3.8, 4) is 0 Å². The van der Waals surface area contributed by atoms with Gasteiger partial charge in [0.2, 0.25) is 0 Å². The number of halogens is 1. The first-order valence-electron chi connectivity index (χ1n) is 4.24. The molecule has 0 heterocycles. The van der Waals surface area contributed by atoms with E-state index in [1.54, 1.807) is 0 Å². The van der Waals surface area contributed by atoms with Crippen LogP contribution < -0.4 is 12.4 Å². The number of hydrogen-bond donors (Lipinski definition) is 0. The summed E-state index contributed by atoms with van der Waals surface area (Å²) < 4.78 is 0. The van der Waals surface area contributed by atoms with E-state index in [9.17, 15) is 0 Å². The van der Waals surface area contributed by atoms with Gasteiger partial charge in [-0.25, -0.2) is 0 Å². The third-order valence-electron chi connectivity index (χ3n) is 1.79. The smallest absolute Gasteiger partial charge is 1.00 e. The zero-order valence-electron chi connectivity index (χ0n) is 9.87. The fraction of sp³-hybridized carbons (Fsp3) is 0.900. The average molecular weight is 317 g/mol. The van der Waals surface area contributed by atoms with E-state index in [-0.39, 0.29) is 48.2 Å². The topological polar surface area (TPSA) is 0 Å². The van der Waals surface area contributed by atoms with Gasteiger partial charge >= 0.3 is 20.4 Å². The molecule has 0 aromatic carbocycles. The molecular formula is C10H24ClPPd. The zero-order chi connectivity index (χ0) is 8.31. The maximum absolute atomic E-state index is 2.35. The van der Waals surface area contributed by atoms with Gasteiger partial charge in [-0.15, -0.1) is 0 Å². The summed E-state index contributed by atoms with van der Waals surface area (Å²) in [6.07, 6.45) is 0. The second-order valence-corrected chi connectivity index (χ2v) is 7.72. The van der Waals surface area contributed by atoms with Crippen molar-refractivity contribution in [1.82, 2.24) is 0 Å². The molecule has 0 bridgehead atoms. The summed E-state index contributed by atoms with van der Waals surface area (Å²) in [6, 6.07) is 0. The molecule has 0 saturated carbocycles. The van der Waals surface area contributed by atoms with E-state index in [1.165, 1.54) is 0 Å². The van der Waals surface area contributed by atoms with Gasteiger partial charge in [0.15, 0.2) is 0 Å². The molecule has 0 fully saturated rings. The van der Waals surface area contributed by atoms with Gasteiger partial charge in [-0.2, -0.15) is 0 Å². The van der Waals surface area contributed by atoms with E-state index in [4.69, 9.17) is 0 Å². The monoisotopic (exact) mass is 316 g/mol. The molecule has 0 rings (SSSR count). The summed E-state index contributed by atoms with van der Waals surface area (Å²) in [6.45, 7) is 14.1. The van der Waals surface area contributed by atoms with Crippen molar-refractivity contribution in [1.29, 1.82) is 0 Å². The summed E-state index contributed by atoms with van der Waals surface area (Å²) >= 11 is 0. The second kappa shape index (κ2) is 11.5. The van der Waals surface area contributed by atoms with Crippen molar-refractivity contribution in [2.24, 2.45) is 0 Å². The fourth-order valence-corrected chi connectivity index (χ4v) is 5.37. The van der Waals surface area contributed by atoms with E-state index in [1.807, 2.05) is 0 Å². The predicted molar refractivity (Wildman–Crippen MR) is 58.7 cm³/mol. The van der Waals surface area contributed by atoms with Crippen LogP contribution in [-0.2, 0) is 20.4 Å². The van der Waals surface area contributed by atoms with Crippen LogP contribution in [0.3, 0.4) is 0 Å². The van der Waals surface area contributed by atoms with Gasteiger partial charge in [-0.3, -0.25) is 0 Å². The SMILES string of the molecule is CC(C)P(C(C)C)C(C)C.[CH3-].[Cl-].[Pd+2]. The Labute approximate surface area is 106 Å². The van der Waals surface area contributed by atoms with Crippen LogP contribution in [0, 0.1) is 7.43 Å². The Morgan fingerprint density at radius 2 is 0.846 bits per heavy atom. The molecule has 0 aliphatic carbocycles. The molecule has 0 N–H and O–H groups in total. The molecule has 0 nitrogen and oxygen atoms in total. The van der Waals surface area contributed by atoms with Gasteiger partial charge in [0.1, 0.15) is 0 Å². The zero-order valence-corrected chi connectivity index (χ0v) is 13.1. The molecule has 0 saturated heterocycles. The summed E-state index contributed by atoms with van der Waals surface area (Å²) in [5.41, 5.74) is 2.69. The van der Waals surface area contributed by atoms with Crippen molar-refractivity contribution < 1.29 is 32.8 Å². The Morgan fingerprint density at radius 3 is 0.846 bits per heavy atom. The summed E-state index contributed by atoms with van der Waals surface area (Å²) in [4.78, 5) is 0. The van der Waals surface area contributed by atoms with Crippen molar-refractivity contribution in [2.45, 2.75) is 58.5 Å². The molecule has 0 radical (unpaired) electrons. The molecule has 3 heteroatoms. The Hall–Kier alpha value is 1.38. The van der Waals surface area contributed by atoms with E-state index in [0.717, 1.165) is 17.0 Å². The van der Waals surface area contributed by atoms with Crippen molar-refractivity contribution in [3.63, 3.8) is 0 Å². The van der Waals surface area contributed by atoms with Gasteiger partial charge in [-0.05, 0) is 17.0 Å². The summed E-state index contributed by atoms with van der Waals surface area (Å²) in [5, 5.41) is 0. The molecule has 13 heavy (non-hydrogen) atoms. The van der Waals surface area contributed by atoms with Crippen LogP contribution in [0.2, 0.25) is 0 Å². The van der Waals surface area contributed by atoms with Crippen LogP contribution in [-0.4, -0.2) is 17.0 Å². The third kappa shape index (κ3) is 9.68. The number of hydrogen-bond acceptors (Lipinski definition) is 0. The van der Waals surface area contributed by atoms with Crippen molar-refractivity contribution >= 4 is 7.92 Å². The normalized spacial score (nSPS) is 9.69. The Balaban J connectivity index is -0.000000135. The van der Waals surface area contributed by atoms with Gasteiger partial charge in [0.25, 0.3) is 0 Å². The maximum atomic E-state index is 2.35. The fourth-order valence-electron chi connectivity index (χ4n) is 1.79. The maximum Gasteiger partial charge on any atom is 2.00 e. The Kier molecular flexibility index (Phi) is 21.1. The Bertz CT molecular complexity index is 75.9. The molecule has 0 atom stereocenters. The molecule has 0 aromatic heterocycles. The van der Waals surface area contributed by atoms with E-state index < -0.39 is 0 Å². The quantitative estimate of drug-likeness (QED) is 0.416. The Morgan fingerprint density at radius 1 is 0.692 bits per heavy atom. The van der Waals surface area contributed by atoms with Gasteiger partial charge in [0, 0.05) is 0 Å². The molecule has 0 amide bonds. The van der Waals surface area contributed by atoms with Crippen LogP contribution in [0.25, 0.3) is 0 Å². The molecule has 0 unspecified atom stereocenters. The molecule has 0 aliphatic rings. The average Bonchev–Trinajstić information content (AvgIpc) is 1.59. The summed E-state index contributed by atoms with van der Waals surface area (Å²) in [5.74, 6) is 0. The van der Waals surface area contributed by atoms with Crippen LogP contribution in [0.15, 0.2) is 0 Å². The number of rotatable bonds is 3. The van der Waals surface area contributed by atoms with E-state index in [2.05, 4.69) is 41.5 Å². The summed E-state index contributed by atoms with van der Waals surface area (Å²) in [7, 11) is 0.262.